The van der Waals surface area contributed by atoms with Crippen molar-refractivity contribution in [1.29, 1.82) is 0 Å². The van der Waals surface area contributed by atoms with Crippen LogP contribution < -0.4 is 15.2 Å². The van der Waals surface area contributed by atoms with Crippen LogP contribution in [0.25, 0.3) is 0 Å². The first-order chi connectivity index (χ1) is 10.5. The number of aryl methyl sites for hydroxylation is 1. The van der Waals surface area contributed by atoms with Gasteiger partial charge in [-0.2, -0.15) is 4.31 Å². The third kappa shape index (κ3) is 3.57. The van der Waals surface area contributed by atoms with Gasteiger partial charge in [0, 0.05) is 19.2 Å². The number of ether oxygens (including phenoxy) is 2. The summed E-state index contributed by atoms with van der Waals surface area (Å²) < 4.78 is 38.1. The highest BCUT2D eigenvalue weighted by molar-refractivity contribution is 7.89. The SMILES string of the molecule is Cc1cc2c(cc1S(=O)(=O)N1CCCC(CCN)C1)OCO2.Cl. The fourth-order valence-electron chi connectivity index (χ4n) is 3.16. The molecule has 1 aromatic carbocycles. The molecule has 0 radical (unpaired) electrons. The van der Waals surface area contributed by atoms with Crippen LogP contribution in [0.3, 0.4) is 0 Å². The minimum absolute atomic E-state index is 0. The number of nitrogens with zero attached hydrogens (tertiary/aromatic N) is 1. The van der Waals surface area contributed by atoms with Gasteiger partial charge in [0.2, 0.25) is 16.8 Å². The molecule has 1 aromatic rings. The molecule has 130 valence electrons. The molecule has 2 aliphatic heterocycles. The van der Waals surface area contributed by atoms with E-state index >= 15 is 0 Å². The average Bonchev–Trinajstić information content (AvgIpc) is 2.94. The number of hydrogen-bond donors (Lipinski definition) is 1. The second-order valence-corrected chi connectivity index (χ2v) is 7.83. The van der Waals surface area contributed by atoms with Gasteiger partial charge < -0.3 is 15.2 Å². The predicted octanol–water partition coefficient (Wildman–Crippen LogP) is 1.90. The van der Waals surface area contributed by atoms with E-state index < -0.39 is 10.0 Å². The molecular formula is C15H23ClN2O4S. The second-order valence-electron chi connectivity index (χ2n) is 5.92. The van der Waals surface area contributed by atoms with Gasteiger partial charge in [0.25, 0.3) is 0 Å². The van der Waals surface area contributed by atoms with Crippen molar-refractivity contribution in [3.63, 3.8) is 0 Å². The van der Waals surface area contributed by atoms with Crippen molar-refractivity contribution in [2.75, 3.05) is 26.4 Å². The lowest BCUT2D eigenvalue weighted by Gasteiger charge is -2.32. The van der Waals surface area contributed by atoms with Crippen molar-refractivity contribution in [1.82, 2.24) is 4.31 Å². The highest BCUT2D eigenvalue weighted by Crippen LogP contribution is 2.37. The number of halogens is 1. The standard InChI is InChI=1S/C15H22N2O4S.ClH/c1-11-7-13-14(21-10-20-13)8-15(11)22(18,19)17-6-2-3-12(9-17)4-5-16;/h7-8,12H,2-6,9-10,16H2,1H3;1H. The summed E-state index contributed by atoms with van der Waals surface area (Å²) in [5.74, 6) is 1.46. The smallest absolute Gasteiger partial charge is 0.243 e. The molecule has 0 amide bonds. The van der Waals surface area contributed by atoms with E-state index in [4.69, 9.17) is 15.2 Å². The number of sulfonamides is 1. The summed E-state index contributed by atoms with van der Waals surface area (Å²) in [4.78, 5) is 0.310. The minimum atomic E-state index is -3.51. The summed E-state index contributed by atoms with van der Waals surface area (Å²) in [6, 6.07) is 3.32. The zero-order chi connectivity index (χ0) is 15.7. The summed E-state index contributed by atoms with van der Waals surface area (Å²) in [5.41, 5.74) is 6.30. The number of benzene rings is 1. The molecule has 1 atom stereocenters. The Morgan fingerprint density at radius 1 is 1.30 bits per heavy atom. The topological polar surface area (TPSA) is 81.9 Å². The van der Waals surface area contributed by atoms with Gasteiger partial charge in [-0.1, -0.05) is 0 Å². The summed E-state index contributed by atoms with van der Waals surface area (Å²) >= 11 is 0. The highest BCUT2D eigenvalue weighted by Gasteiger charge is 2.32. The lowest BCUT2D eigenvalue weighted by molar-refractivity contribution is 0.174. The van der Waals surface area contributed by atoms with E-state index in [0.717, 1.165) is 19.3 Å². The van der Waals surface area contributed by atoms with Crippen LogP contribution in [0.15, 0.2) is 17.0 Å². The minimum Gasteiger partial charge on any atom is -0.454 e. The van der Waals surface area contributed by atoms with Gasteiger partial charge in [-0.15, -0.1) is 12.4 Å². The fourth-order valence-corrected chi connectivity index (χ4v) is 4.93. The Morgan fingerprint density at radius 3 is 2.70 bits per heavy atom. The maximum atomic E-state index is 13.0. The number of piperidine rings is 1. The first kappa shape index (κ1) is 18.3. The first-order valence-corrected chi connectivity index (χ1v) is 9.07. The maximum absolute atomic E-state index is 13.0. The second kappa shape index (κ2) is 7.25. The van der Waals surface area contributed by atoms with Crippen molar-refractivity contribution < 1.29 is 17.9 Å². The molecule has 8 heteroatoms. The van der Waals surface area contributed by atoms with E-state index in [-0.39, 0.29) is 19.2 Å². The number of fused-ring (bicyclic) bond motifs is 1. The summed E-state index contributed by atoms with van der Waals surface area (Å²) in [6.07, 6.45) is 2.79. The molecule has 1 saturated heterocycles. The van der Waals surface area contributed by atoms with Gasteiger partial charge in [-0.3, -0.25) is 0 Å². The van der Waals surface area contributed by atoms with E-state index in [2.05, 4.69) is 0 Å². The number of rotatable bonds is 4. The quantitative estimate of drug-likeness (QED) is 0.884. The van der Waals surface area contributed by atoms with Gasteiger partial charge in [-0.05, 0) is 50.3 Å². The first-order valence-electron chi connectivity index (χ1n) is 7.63. The summed E-state index contributed by atoms with van der Waals surface area (Å²) in [5, 5.41) is 0. The van der Waals surface area contributed by atoms with Gasteiger partial charge in [-0.25, -0.2) is 8.42 Å². The number of nitrogens with two attached hydrogens (primary N) is 1. The van der Waals surface area contributed by atoms with Crippen LogP contribution in [0.5, 0.6) is 11.5 Å². The maximum Gasteiger partial charge on any atom is 0.243 e. The fraction of sp³-hybridized carbons (Fsp3) is 0.600. The van der Waals surface area contributed by atoms with Crippen LogP contribution in [0, 0.1) is 12.8 Å². The molecule has 1 fully saturated rings. The van der Waals surface area contributed by atoms with Crippen LogP contribution in [0.4, 0.5) is 0 Å². The highest BCUT2D eigenvalue weighted by atomic mass is 35.5. The molecular weight excluding hydrogens is 340 g/mol. The van der Waals surface area contributed by atoms with Gasteiger partial charge in [0.05, 0.1) is 4.90 Å². The normalized spacial score (nSPS) is 21.0. The average molecular weight is 363 g/mol. The van der Waals surface area contributed by atoms with E-state index in [1.165, 1.54) is 0 Å². The molecule has 0 saturated carbocycles. The molecule has 0 aromatic heterocycles. The zero-order valence-electron chi connectivity index (χ0n) is 13.2. The molecule has 2 aliphatic rings. The molecule has 6 nitrogen and oxygen atoms in total. The lowest BCUT2D eigenvalue weighted by atomic mass is 9.96. The Hall–Kier alpha value is -1.02. The Morgan fingerprint density at radius 2 is 2.00 bits per heavy atom. The van der Waals surface area contributed by atoms with Crippen LogP contribution in [0.2, 0.25) is 0 Å². The monoisotopic (exact) mass is 362 g/mol. The van der Waals surface area contributed by atoms with Crippen molar-refractivity contribution in [3.8, 4) is 11.5 Å². The van der Waals surface area contributed by atoms with Crippen LogP contribution in [-0.4, -0.2) is 39.2 Å². The van der Waals surface area contributed by atoms with Gasteiger partial charge in [0.1, 0.15) is 0 Å². The predicted molar refractivity (Wildman–Crippen MR) is 89.7 cm³/mol. The molecule has 1 unspecified atom stereocenters. The number of hydrogen-bond acceptors (Lipinski definition) is 5. The molecule has 23 heavy (non-hydrogen) atoms. The van der Waals surface area contributed by atoms with Crippen LogP contribution >= 0.6 is 12.4 Å². The van der Waals surface area contributed by atoms with Gasteiger partial charge >= 0.3 is 0 Å². The van der Waals surface area contributed by atoms with E-state index in [1.54, 1.807) is 23.4 Å². The van der Waals surface area contributed by atoms with Crippen LogP contribution in [-0.2, 0) is 10.0 Å². The van der Waals surface area contributed by atoms with Crippen molar-refractivity contribution in [2.24, 2.45) is 11.7 Å². The molecule has 3 rings (SSSR count). The van der Waals surface area contributed by atoms with Crippen molar-refractivity contribution in [3.05, 3.63) is 17.7 Å². The summed E-state index contributed by atoms with van der Waals surface area (Å²) in [6.45, 7) is 3.64. The van der Waals surface area contributed by atoms with Crippen LogP contribution in [0.1, 0.15) is 24.8 Å². The molecule has 2 heterocycles. The van der Waals surface area contributed by atoms with Crippen molar-refractivity contribution >= 4 is 22.4 Å². The third-order valence-corrected chi connectivity index (χ3v) is 6.35. The third-order valence-electron chi connectivity index (χ3n) is 4.34. The van der Waals surface area contributed by atoms with E-state index in [0.29, 0.717) is 47.5 Å². The molecule has 0 aliphatic carbocycles. The van der Waals surface area contributed by atoms with Gasteiger partial charge in [0.15, 0.2) is 11.5 Å². The Labute approximate surface area is 143 Å². The lowest BCUT2D eigenvalue weighted by Crippen LogP contribution is -2.40. The largest absolute Gasteiger partial charge is 0.454 e. The molecule has 2 N–H and O–H groups in total. The Kier molecular flexibility index (Phi) is 5.78. The Bertz CT molecular complexity index is 664. The molecule has 0 bridgehead atoms. The Balaban J connectivity index is 0.00000192. The van der Waals surface area contributed by atoms with E-state index in [9.17, 15) is 8.42 Å². The summed E-state index contributed by atoms with van der Waals surface area (Å²) in [7, 11) is -3.51. The zero-order valence-corrected chi connectivity index (χ0v) is 14.8. The molecule has 0 spiro atoms. The van der Waals surface area contributed by atoms with Crippen molar-refractivity contribution in [2.45, 2.75) is 31.1 Å². The van der Waals surface area contributed by atoms with E-state index in [1.807, 2.05) is 0 Å².